The van der Waals surface area contributed by atoms with E-state index in [4.69, 9.17) is 15.8 Å². The Bertz CT molecular complexity index is 215. The second kappa shape index (κ2) is 11.4. The fourth-order valence-corrected chi connectivity index (χ4v) is 0.586. The molecular formula is C6H7Cl3F2O2S. The molecule has 0 aromatic heterocycles. The molecule has 8 heteroatoms. The molecule has 0 aliphatic heterocycles. The van der Waals surface area contributed by atoms with Crippen LogP contribution >= 0.6 is 33.0 Å². The van der Waals surface area contributed by atoms with Crippen LogP contribution in [-0.2, 0) is 14.0 Å². The third-order valence-corrected chi connectivity index (χ3v) is 1.07. The lowest BCUT2D eigenvalue weighted by Crippen LogP contribution is -1.83. The highest BCUT2D eigenvalue weighted by Crippen LogP contribution is 2.04. The standard InChI is InChI=1S/C6H7ClF2O.Cl2OS/c7-5(10)3-1-2-4-6(8)9;1-4(2)3/h4H,1-3H2;. The average Bonchev–Trinajstić information content (AvgIpc) is 1.96. The summed E-state index contributed by atoms with van der Waals surface area (Å²) >= 11 is 4.95. The van der Waals surface area contributed by atoms with Gasteiger partial charge in [-0.05, 0) is 30.5 Å². The average molecular weight is 288 g/mol. The minimum atomic E-state index is -1.71. The summed E-state index contributed by atoms with van der Waals surface area (Å²) in [5, 5.41) is -0.479. The molecule has 0 aliphatic rings. The number of unbranched alkanes of at least 4 members (excludes halogenated alkanes) is 1. The number of carbonyl (C=O) groups is 1. The van der Waals surface area contributed by atoms with E-state index in [1.807, 2.05) is 0 Å². The summed E-state index contributed by atoms with van der Waals surface area (Å²) in [4.78, 5) is 10.0. The SMILES string of the molecule is O=C(Cl)CCCC=C(F)F.O=S(Cl)Cl. The van der Waals surface area contributed by atoms with Gasteiger partial charge in [-0.15, -0.1) is 0 Å². The summed E-state index contributed by atoms with van der Waals surface area (Å²) in [5.74, 6) is 0. The third kappa shape index (κ3) is 29.5. The number of carbonyl (C=O) groups excluding carboxylic acids is 1. The van der Waals surface area contributed by atoms with Crippen LogP contribution in [0.2, 0.25) is 0 Å². The minimum absolute atomic E-state index is 0.158. The Morgan fingerprint density at radius 3 is 2.07 bits per heavy atom. The second-order valence-corrected chi connectivity index (χ2v) is 4.87. The van der Waals surface area contributed by atoms with Crippen LogP contribution in [0.5, 0.6) is 0 Å². The van der Waals surface area contributed by atoms with Gasteiger partial charge in [-0.2, -0.15) is 8.78 Å². The van der Waals surface area contributed by atoms with Gasteiger partial charge in [0.15, 0.2) is 0 Å². The normalized spacial score (nSPS) is 9.00. The first kappa shape index (κ1) is 16.7. The van der Waals surface area contributed by atoms with Gasteiger partial charge in [0.25, 0.3) is 6.08 Å². The molecule has 0 heterocycles. The number of hydrogen-bond donors (Lipinski definition) is 0. The van der Waals surface area contributed by atoms with Gasteiger partial charge in [0.2, 0.25) is 14.5 Å². The van der Waals surface area contributed by atoms with Gasteiger partial charge in [-0.25, -0.2) is 4.21 Å². The van der Waals surface area contributed by atoms with Gasteiger partial charge >= 0.3 is 0 Å². The molecule has 0 saturated carbocycles. The van der Waals surface area contributed by atoms with Crippen molar-refractivity contribution in [1.29, 1.82) is 0 Å². The Morgan fingerprint density at radius 1 is 1.36 bits per heavy atom. The van der Waals surface area contributed by atoms with Gasteiger partial charge < -0.3 is 0 Å². The highest BCUT2D eigenvalue weighted by molar-refractivity contribution is 8.26. The van der Waals surface area contributed by atoms with Crippen LogP contribution in [-0.4, -0.2) is 9.45 Å². The summed E-state index contributed by atoms with van der Waals surface area (Å²) in [7, 11) is 7.36. The van der Waals surface area contributed by atoms with Crippen LogP contribution < -0.4 is 0 Å². The van der Waals surface area contributed by atoms with Crippen molar-refractivity contribution in [2.24, 2.45) is 0 Å². The second-order valence-electron chi connectivity index (χ2n) is 1.93. The molecule has 2 nitrogen and oxygen atoms in total. The number of allylic oxidation sites excluding steroid dienone is 1. The zero-order valence-corrected chi connectivity index (χ0v) is 9.90. The van der Waals surface area contributed by atoms with Crippen molar-refractivity contribution in [3.8, 4) is 0 Å². The molecule has 0 saturated heterocycles. The summed E-state index contributed by atoms with van der Waals surface area (Å²) < 4.78 is 31.7. The van der Waals surface area contributed by atoms with Gasteiger partial charge in [0, 0.05) is 27.8 Å². The summed E-state index contributed by atoms with van der Waals surface area (Å²) in [5.41, 5.74) is 0. The van der Waals surface area contributed by atoms with Crippen molar-refractivity contribution in [1.82, 2.24) is 0 Å². The van der Waals surface area contributed by atoms with E-state index in [-0.39, 0.29) is 12.8 Å². The van der Waals surface area contributed by atoms with Gasteiger partial charge in [0.1, 0.15) is 0 Å². The molecule has 0 aromatic carbocycles. The fourth-order valence-electron chi connectivity index (χ4n) is 0.452. The van der Waals surface area contributed by atoms with Crippen molar-refractivity contribution in [2.75, 3.05) is 0 Å². The maximum absolute atomic E-state index is 11.3. The molecule has 0 radical (unpaired) electrons. The summed E-state index contributed by atoms with van der Waals surface area (Å²) in [6.07, 6.45) is -0.173. The maximum Gasteiger partial charge on any atom is 0.266 e. The molecule has 0 unspecified atom stereocenters. The van der Waals surface area contributed by atoms with Crippen molar-refractivity contribution in [3.05, 3.63) is 12.2 Å². The molecule has 0 N–H and O–H groups in total. The smallest absolute Gasteiger partial charge is 0.266 e. The molecule has 14 heavy (non-hydrogen) atoms. The zero-order chi connectivity index (χ0) is 11.6. The largest absolute Gasteiger partial charge is 0.281 e. The van der Waals surface area contributed by atoms with Crippen LogP contribution in [0.1, 0.15) is 19.3 Å². The third-order valence-electron chi connectivity index (χ3n) is 0.876. The van der Waals surface area contributed by atoms with Crippen LogP contribution in [0.25, 0.3) is 0 Å². The van der Waals surface area contributed by atoms with Crippen molar-refractivity contribution in [3.63, 3.8) is 0 Å². The zero-order valence-electron chi connectivity index (χ0n) is 6.81. The fraction of sp³-hybridized carbons (Fsp3) is 0.500. The van der Waals surface area contributed by atoms with E-state index in [0.29, 0.717) is 6.42 Å². The van der Waals surface area contributed by atoms with E-state index in [0.717, 1.165) is 6.08 Å². The molecule has 0 spiro atoms. The topological polar surface area (TPSA) is 34.1 Å². The van der Waals surface area contributed by atoms with E-state index in [2.05, 4.69) is 21.4 Å². The first-order valence-corrected chi connectivity index (χ1v) is 6.48. The van der Waals surface area contributed by atoms with Crippen LogP contribution in [0, 0.1) is 0 Å². The van der Waals surface area contributed by atoms with Crippen molar-refractivity contribution < 1.29 is 17.8 Å². The van der Waals surface area contributed by atoms with Crippen LogP contribution in [0.15, 0.2) is 12.2 Å². The molecule has 0 rings (SSSR count). The maximum atomic E-state index is 11.3. The number of rotatable bonds is 4. The van der Waals surface area contributed by atoms with Crippen LogP contribution in [0.3, 0.4) is 0 Å². The molecule has 0 bridgehead atoms. The summed E-state index contributed by atoms with van der Waals surface area (Å²) in [6, 6.07) is 0. The quantitative estimate of drug-likeness (QED) is 0.583. The van der Waals surface area contributed by atoms with E-state index >= 15 is 0 Å². The molecular weight excluding hydrogens is 280 g/mol. The highest BCUT2D eigenvalue weighted by Gasteiger charge is 1.94. The first-order valence-electron chi connectivity index (χ1n) is 3.30. The Morgan fingerprint density at radius 2 is 1.79 bits per heavy atom. The number of halogens is 5. The van der Waals surface area contributed by atoms with E-state index in [1.54, 1.807) is 0 Å². The van der Waals surface area contributed by atoms with E-state index in [9.17, 15) is 13.6 Å². The van der Waals surface area contributed by atoms with Gasteiger partial charge in [-0.1, -0.05) is 0 Å². The predicted octanol–water partition coefficient (Wildman–Crippen LogP) is 3.75. The minimum Gasteiger partial charge on any atom is -0.281 e. The Kier molecular flexibility index (Phi) is 13.6. The van der Waals surface area contributed by atoms with E-state index < -0.39 is 20.5 Å². The predicted molar refractivity (Wildman–Crippen MR) is 54.9 cm³/mol. The molecule has 0 amide bonds. The lowest BCUT2D eigenvalue weighted by Gasteiger charge is -1.87. The molecule has 0 aliphatic carbocycles. The highest BCUT2D eigenvalue weighted by atomic mass is 36.0. The Balaban J connectivity index is 0. The van der Waals surface area contributed by atoms with Gasteiger partial charge in [-0.3, -0.25) is 4.79 Å². The molecule has 0 aromatic rings. The molecule has 0 atom stereocenters. The first-order chi connectivity index (χ1) is 6.36. The Hall–Kier alpha value is 0.290. The Labute approximate surface area is 96.7 Å². The molecule has 0 fully saturated rings. The van der Waals surface area contributed by atoms with Gasteiger partial charge in [0.05, 0.1) is 0 Å². The lowest BCUT2D eigenvalue weighted by atomic mass is 10.2. The summed E-state index contributed by atoms with van der Waals surface area (Å²) in [6.45, 7) is 0. The molecule has 84 valence electrons. The van der Waals surface area contributed by atoms with Crippen LogP contribution in [0.4, 0.5) is 8.78 Å². The monoisotopic (exact) mass is 286 g/mol. The lowest BCUT2D eigenvalue weighted by molar-refractivity contribution is -0.111. The van der Waals surface area contributed by atoms with Crippen molar-refractivity contribution in [2.45, 2.75) is 19.3 Å². The van der Waals surface area contributed by atoms with E-state index in [1.165, 1.54) is 0 Å². The number of hydrogen-bond acceptors (Lipinski definition) is 2. The van der Waals surface area contributed by atoms with Crippen molar-refractivity contribution >= 4 is 47.4 Å².